The van der Waals surface area contributed by atoms with Crippen LogP contribution < -0.4 is 0 Å². The zero-order valence-corrected chi connectivity index (χ0v) is 16.5. The van der Waals surface area contributed by atoms with Crippen LogP contribution in [0.2, 0.25) is 0 Å². The number of nitrogens with one attached hydrogen (secondary N) is 1. The first-order valence-corrected chi connectivity index (χ1v) is 9.43. The standard InChI is InChI=1S/C20H23NO4S/c1-6-26-16-10-8-7-9-15(16)20(24)25-14(5)19(23)18-11(2)17(13(4)22)12(3)21-18/h7-10,14,21H,6H2,1-5H3/t14-/m0/s1. The van der Waals surface area contributed by atoms with Gasteiger partial charge in [0, 0.05) is 16.2 Å². The van der Waals surface area contributed by atoms with E-state index in [2.05, 4.69) is 4.98 Å². The maximum atomic E-state index is 12.7. The summed E-state index contributed by atoms with van der Waals surface area (Å²) in [4.78, 5) is 40.7. The Kier molecular flexibility index (Phi) is 6.42. The van der Waals surface area contributed by atoms with Crippen molar-refractivity contribution in [3.05, 3.63) is 52.3 Å². The van der Waals surface area contributed by atoms with E-state index < -0.39 is 12.1 Å². The molecule has 0 spiro atoms. The van der Waals surface area contributed by atoms with E-state index in [4.69, 9.17) is 4.74 Å². The van der Waals surface area contributed by atoms with Crippen LogP contribution in [0.15, 0.2) is 29.2 Å². The fourth-order valence-electron chi connectivity index (χ4n) is 2.92. The van der Waals surface area contributed by atoms with Crippen LogP contribution in [0.3, 0.4) is 0 Å². The van der Waals surface area contributed by atoms with Gasteiger partial charge in [0.2, 0.25) is 5.78 Å². The van der Waals surface area contributed by atoms with Crippen LogP contribution in [0.4, 0.5) is 0 Å². The Morgan fingerprint density at radius 2 is 1.85 bits per heavy atom. The van der Waals surface area contributed by atoms with Crippen molar-refractivity contribution in [1.82, 2.24) is 4.98 Å². The largest absolute Gasteiger partial charge is 0.451 e. The SMILES string of the molecule is CCSc1ccccc1C(=O)O[C@@H](C)C(=O)c1[nH]c(C)c(C(C)=O)c1C. The molecule has 1 heterocycles. The summed E-state index contributed by atoms with van der Waals surface area (Å²) in [6.45, 7) is 8.47. The highest BCUT2D eigenvalue weighted by Gasteiger charge is 2.26. The average Bonchev–Trinajstić information content (AvgIpc) is 2.89. The number of hydrogen-bond donors (Lipinski definition) is 1. The smallest absolute Gasteiger partial charge is 0.339 e. The summed E-state index contributed by atoms with van der Waals surface area (Å²) in [5.74, 6) is -0.166. The van der Waals surface area contributed by atoms with Crippen molar-refractivity contribution < 1.29 is 19.1 Å². The number of esters is 1. The normalized spacial score (nSPS) is 11.9. The maximum absolute atomic E-state index is 12.7. The van der Waals surface area contributed by atoms with Crippen LogP contribution in [0.1, 0.15) is 63.2 Å². The van der Waals surface area contributed by atoms with Crippen LogP contribution in [0.5, 0.6) is 0 Å². The summed E-state index contributed by atoms with van der Waals surface area (Å²) in [7, 11) is 0. The Bertz CT molecular complexity index is 853. The molecule has 1 N–H and O–H groups in total. The second-order valence-electron chi connectivity index (χ2n) is 6.02. The molecule has 1 aromatic carbocycles. The molecule has 0 amide bonds. The molecule has 0 bridgehead atoms. The number of carbonyl (C=O) groups excluding carboxylic acids is 3. The molecule has 0 unspecified atom stereocenters. The Hall–Kier alpha value is -2.34. The topological polar surface area (TPSA) is 76.2 Å². The molecule has 0 aliphatic carbocycles. The molecule has 0 saturated heterocycles. The number of thioether (sulfide) groups is 1. The van der Waals surface area contributed by atoms with Crippen LogP contribution in [0, 0.1) is 13.8 Å². The van der Waals surface area contributed by atoms with E-state index in [0.717, 1.165) is 10.6 Å². The summed E-state index contributed by atoms with van der Waals surface area (Å²) >= 11 is 1.54. The Morgan fingerprint density at radius 1 is 1.19 bits per heavy atom. The van der Waals surface area contributed by atoms with Gasteiger partial charge in [0.15, 0.2) is 11.9 Å². The molecule has 2 rings (SSSR count). The lowest BCUT2D eigenvalue weighted by atomic mass is 10.0. The fraction of sp³-hybridized carbons (Fsp3) is 0.350. The van der Waals surface area contributed by atoms with E-state index in [0.29, 0.717) is 28.1 Å². The predicted molar refractivity (Wildman–Crippen MR) is 102 cm³/mol. The van der Waals surface area contributed by atoms with E-state index in [9.17, 15) is 14.4 Å². The molecule has 1 atom stereocenters. The van der Waals surface area contributed by atoms with Crippen LogP contribution in [-0.2, 0) is 4.74 Å². The zero-order chi connectivity index (χ0) is 19.4. The maximum Gasteiger partial charge on any atom is 0.339 e. The third-order valence-corrected chi connectivity index (χ3v) is 5.05. The number of H-pyrrole nitrogens is 1. The Balaban J connectivity index is 2.21. The lowest BCUT2D eigenvalue weighted by molar-refractivity contribution is 0.0313. The summed E-state index contributed by atoms with van der Waals surface area (Å²) in [5.41, 5.74) is 2.50. The van der Waals surface area contributed by atoms with Crippen molar-refractivity contribution >= 4 is 29.3 Å². The number of ether oxygens (including phenoxy) is 1. The monoisotopic (exact) mass is 373 g/mol. The molecule has 0 aliphatic rings. The number of aromatic amines is 1. The second-order valence-corrected chi connectivity index (χ2v) is 7.33. The highest BCUT2D eigenvalue weighted by Crippen LogP contribution is 2.24. The molecule has 0 saturated carbocycles. The Morgan fingerprint density at radius 3 is 2.42 bits per heavy atom. The van der Waals surface area contributed by atoms with Crippen LogP contribution >= 0.6 is 11.8 Å². The van der Waals surface area contributed by atoms with Crippen molar-refractivity contribution in [3.63, 3.8) is 0 Å². The number of aryl methyl sites for hydroxylation is 1. The average molecular weight is 373 g/mol. The molecule has 2 aromatic rings. The number of hydrogen-bond acceptors (Lipinski definition) is 5. The van der Waals surface area contributed by atoms with Crippen molar-refractivity contribution in [2.24, 2.45) is 0 Å². The van der Waals surface area contributed by atoms with Gasteiger partial charge in [-0.1, -0.05) is 19.1 Å². The number of rotatable bonds is 7. The van der Waals surface area contributed by atoms with E-state index in [1.165, 1.54) is 6.92 Å². The number of ketones is 2. The number of carbonyl (C=O) groups is 3. The number of aromatic nitrogens is 1. The van der Waals surface area contributed by atoms with Gasteiger partial charge in [0.1, 0.15) is 0 Å². The van der Waals surface area contributed by atoms with Crippen molar-refractivity contribution in [1.29, 1.82) is 0 Å². The van der Waals surface area contributed by atoms with E-state index in [1.807, 2.05) is 19.1 Å². The number of benzene rings is 1. The molecular formula is C20H23NO4S. The molecule has 5 nitrogen and oxygen atoms in total. The minimum atomic E-state index is -0.959. The lowest BCUT2D eigenvalue weighted by Crippen LogP contribution is -2.25. The van der Waals surface area contributed by atoms with Gasteiger partial charge in [0.25, 0.3) is 0 Å². The van der Waals surface area contributed by atoms with Gasteiger partial charge in [-0.3, -0.25) is 9.59 Å². The van der Waals surface area contributed by atoms with Gasteiger partial charge in [-0.2, -0.15) is 0 Å². The van der Waals surface area contributed by atoms with Gasteiger partial charge in [-0.05, 0) is 51.1 Å². The quantitative estimate of drug-likeness (QED) is 0.443. The third-order valence-electron chi connectivity index (χ3n) is 4.10. The molecule has 0 radical (unpaired) electrons. The van der Waals surface area contributed by atoms with Crippen molar-refractivity contribution in [2.45, 2.75) is 45.6 Å². The molecule has 1 aromatic heterocycles. The van der Waals surface area contributed by atoms with E-state index in [1.54, 1.807) is 44.7 Å². The summed E-state index contributed by atoms with van der Waals surface area (Å²) in [6.07, 6.45) is -0.959. The second kappa shape index (κ2) is 8.36. The van der Waals surface area contributed by atoms with E-state index >= 15 is 0 Å². The molecule has 0 fully saturated rings. The van der Waals surface area contributed by atoms with Gasteiger partial charge in [-0.25, -0.2) is 4.79 Å². The Labute approximate surface area is 157 Å². The lowest BCUT2D eigenvalue weighted by Gasteiger charge is -2.14. The summed E-state index contributed by atoms with van der Waals surface area (Å²) < 4.78 is 5.40. The zero-order valence-electron chi connectivity index (χ0n) is 15.6. The van der Waals surface area contributed by atoms with Crippen LogP contribution in [-0.4, -0.2) is 34.4 Å². The van der Waals surface area contributed by atoms with Gasteiger partial charge in [-0.15, -0.1) is 11.8 Å². The first kappa shape index (κ1) is 20.0. The molecular weight excluding hydrogens is 350 g/mol. The first-order valence-electron chi connectivity index (χ1n) is 8.45. The molecule has 6 heteroatoms. The van der Waals surface area contributed by atoms with Crippen molar-refractivity contribution in [3.8, 4) is 0 Å². The molecule has 26 heavy (non-hydrogen) atoms. The van der Waals surface area contributed by atoms with Crippen LogP contribution in [0.25, 0.3) is 0 Å². The fourth-order valence-corrected chi connectivity index (χ4v) is 3.71. The minimum Gasteiger partial charge on any atom is -0.451 e. The highest BCUT2D eigenvalue weighted by atomic mass is 32.2. The third kappa shape index (κ3) is 4.07. The van der Waals surface area contributed by atoms with Crippen molar-refractivity contribution in [2.75, 3.05) is 5.75 Å². The number of Topliss-reactive ketones (excluding diaryl/α,β-unsaturated/α-hetero) is 2. The predicted octanol–water partition coefficient (Wildman–Crippen LogP) is 4.37. The van der Waals surface area contributed by atoms with E-state index in [-0.39, 0.29) is 11.6 Å². The van der Waals surface area contributed by atoms with Gasteiger partial charge >= 0.3 is 5.97 Å². The van der Waals surface area contributed by atoms with Gasteiger partial charge in [0.05, 0.1) is 11.3 Å². The first-order chi connectivity index (χ1) is 12.3. The summed E-state index contributed by atoms with van der Waals surface area (Å²) in [5, 5.41) is 0. The molecule has 138 valence electrons. The highest BCUT2D eigenvalue weighted by molar-refractivity contribution is 7.99. The summed E-state index contributed by atoms with van der Waals surface area (Å²) in [6, 6.07) is 7.17. The van der Waals surface area contributed by atoms with Gasteiger partial charge < -0.3 is 9.72 Å². The minimum absolute atomic E-state index is 0.106. The molecule has 0 aliphatic heterocycles.